The Morgan fingerprint density at radius 3 is 2.67 bits per heavy atom. The molecule has 0 saturated carbocycles. The Hall–Kier alpha value is -3.22. The van der Waals surface area contributed by atoms with Gasteiger partial charge in [0.15, 0.2) is 0 Å². The summed E-state index contributed by atoms with van der Waals surface area (Å²) < 4.78 is 5.29. The van der Waals surface area contributed by atoms with Gasteiger partial charge in [-0.25, -0.2) is 4.98 Å². The number of benzene rings is 1. The van der Waals surface area contributed by atoms with Crippen LogP contribution in [0.25, 0.3) is 22.4 Å². The number of aromatic nitrogens is 2. The van der Waals surface area contributed by atoms with E-state index in [2.05, 4.69) is 15.5 Å². The molecule has 0 bridgehead atoms. The zero-order valence-corrected chi connectivity index (χ0v) is 15.1. The van der Waals surface area contributed by atoms with Crippen molar-refractivity contribution in [2.45, 2.75) is 19.8 Å². The fourth-order valence-corrected chi connectivity index (χ4v) is 3.36. The lowest BCUT2D eigenvalue weighted by atomic mass is 10.1. The van der Waals surface area contributed by atoms with Gasteiger partial charge in [0.05, 0.1) is 28.9 Å². The minimum absolute atomic E-state index is 0.0202. The van der Waals surface area contributed by atoms with Gasteiger partial charge in [0, 0.05) is 18.7 Å². The Kier molecular flexibility index (Phi) is 4.58. The number of aryl methyl sites for hydroxylation is 1. The van der Waals surface area contributed by atoms with Gasteiger partial charge >= 0.3 is 0 Å². The lowest BCUT2D eigenvalue weighted by Gasteiger charge is -2.15. The molecular weight excluding hydrogens is 344 g/mol. The summed E-state index contributed by atoms with van der Waals surface area (Å²) in [5.41, 5.74) is 2.80. The zero-order valence-electron chi connectivity index (χ0n) is 15.1. The van der Waals surface area contributed by atoms with E-state index >= 15 is 0 Å². The van der Waals surface area contributed by atoms with Gasteiger partial charge in [-0.3, -0.25) is 9.59 Å². The molecule has 1 aliphatic heterocycles. The molecule has 0 radical (unpaired) electrons. The van der Waals surface area contributed by atoms with E-state index < -0.39 is 0 Å². The Morgan fingerprint density at radius 2 is 1.93 bits per heavy atom. The second kappa shape index (κ2) is 7.19. The highest BCUT2D eigenvalue weighted by molar-refractivity contribution is 6.07. The molecule has 1 fully saturated rings. The number of hydrogen-bond donors (Lipinski definition) is 1. The molecule has 138 valence electrons. The smallest absolute Gasteiger partial charge is 0.259 e. The zero-order chi connectivity index (χ0) is 18.8. The maximum atomic E-state index is 12.8. The molecule has 3 heterocycles. The molecule has 1 N–H and O–H groups in total. The highest BCUT2D eigenvalue weighted by Crippen LogP contribution is 2.26. The van der Waals surface area contributed by atoms with Gasteiger partial charge in [-0.1, -0.05) is 35.5 Å². The van der Waals surface area contributed by atoms with Crippen molar-refractivity contribution in [1.29, 1.82) is 0 Å². The van der Waals surface area contributed by atoms with Crippen LogP contribution >= 0.6 is 0 Å². The first-order valence-corrected chi connectivity index (χ1v) is 9.02. The molecule has 3 aromatic rings. The van der Waals surface area contributed by atoms with Crippen molar-refractivity contribution in [1.82, 2.24) is 20.4 Å². The van der Waals surface area contributed by atoms with Crippen molar-refractivity contribution < 1.29 is 14.1 Å². The normalized spacial score (nSPS) is 13.9. The summed E-state index contributed by atoms with van der Waals surface area (Å²) in [6.07, 6.45) is 2.04. The van der Waals surface area contributed by atoms with Crippen molar-refractivity contribution in [3.8, 4) is 11.3 Å². The van der Waals surface area contributed by atoms with E-state index in [9.17, 15) is 9.59 Å². The number of hydrogen-bond acceptors (Lipinski definition) is 5. The topological polar surface area (TPSA) is 88.3 Å². The SMILES string of the molecule is Cc1noc2nc(-c3ccccc3)cc(C(=O)NCC(=O)N3CCCC3)c12. The van der Waals surface area contributed by atoms with Crippen LogP contribution < -0.4 is 5.32 Å². The van der Waals surface area contributed by atoms with E-state index in [1.54, 1.807) is 17.9 Å². The molecule has 2 aromatic heterocycles. The standard InChI is InChI=1S/C20H20N4O3/c1-13-18-15(19(26)21-12-17(25)24-9-5-6-10-24)11-16(22-20(18)27-23-13)14-7-3-2-4-8-14/h2-4,7-8,11H,5-6,9-10,12H2,1H3,(H,21,26). The number of nitrogens with one attached hydrogen (secondary N) is 1. The molecule has 7 nitrogen and oxygen atoms in total. The monoisotopic (exact) mass is 364 g/mol. The molecular formula is C20H20N4O3. The second-order valence-corrected chi connectivity index (χ2v) is 6.64. The predicted molar refractivity (Wildman–Crippen MR) is 100 cm³/mol. The molecule has 1 saturated heterocycles. The number of likely N-dealkylation sites (tertiary alicyclic amines) is 1. The third-order valence-electron chi connectivity index (χ3n) is 4.79. The van der Waals surface area contributed by atoms with Gasteiger partial charge in [0.2, 0.25) is 5.91 Å². The second-order valence-electron chi connectivity index (χ2n) is 6.64. The Morgan fingerprint density at radius 1 is 1.19 bits per heavy atom. The first-order valence-electron chi connectivity index (χ1n) is 9.02. The quantitative estimate of drug-likeness (QED) is 0.769. The van der Waals surface area contributed by atoms with Gasteiger partial charge in [-0.2, -0.15) is 0 Å². The molecule has 2 amide bonds. The summed E-state index contributed by atoms with van der Waals surface area (Å²) in [5, 5.41) is 7.25. The minimum Gasteiger partial charge on any atom is -0.343 e. The van der Waals surface area contributed by atoms with Gasteiger partial charge in [-0.05, 0) is 25.8 Å². The van der Waals surface area contributed by atoms with Crippen LogP contribution in [0.5, 0.6) is 0 Å². The van der Waals surface area contributed by atoms with E-state index in [1.165, 1.54) is 0 Å². The van der Waals surface area contributed by atoms with Crippen LogP contribution in [0.4, 0.5) is 0 Å². The van der Waals surface area contributed by atoms with Crippen LogP contribution in [-0.2, 0) is 4.79 Å². The summed E-state index contributed by atoms with van der Waals surface area (Å²) in [6.45, 7) is 3.27. The average Bonchev–Trinajstić information content (AvgIpc) is 3.36. The largest absolute Gasteiger partial charge is 0.343 e. The molecule has 1 aromatic carbocycles. The third kappa shape index (κ3) is 3.40. The first kappa shape index (κ1) is 17.2. The lowest BCUT2D eigenvalue weighted by Crippen LogP contribution is -2.38. The average molecular weight is 364 g/mol. The van der Waals surface area contributed by atoms with Crippen molar-refractivity contribution in [2.75, 3.05) is 19.6 Å². The van der Waals surface area contributed by atoms with E-state index in [0.29, 0.717) is 28.1 Å². The van der Waals surface area contributed by atoms with Gasteiger partial charge in [-0.15, -0.1) is 0 Å². The molecule has 0 unspecified atom stereocenters. The maximum Gasteiger partial charge on any atom is 0.259 e. The van der Waals surface area contributed by atoms with Crippen molar-refractivity contribution in [2.24, 2.45) is 0 Å². The molecule has 7 heteroatoms. The van der Waals surface area contributed by atoms with Gasteiger partial charge in [0.25, 0.3) is 11.6 Å². The first-order chi connectivity index (χ1) is 13.1. The number of amides is 2. The number of rotatable bonds is 4. The maximum absolute atomic E-state index is 12.8. The third-order valence-corrected chi connectivity index (χ3v) is 4.79. The number of carbonyl (C=O) groups is 2. The van der Waals surface area contributed by atoms with Gasteiger partial charge < -0.3 is 14.7 Å². The molecule has 1 aliphatic rings. The minimum atomic E-state index is -0.335. The van der Waals surface area contributed by atoms with Crippen LogP contribution in [0, 0.1) is 6.92 Å². The number of fused-ring (bicyclic) bond motifs is 1. The fraction of sp³-hybridized carbons (Fsp3) is 0.300. The van der Waals surface area contributed by atoms with Crippen molar-refractivity contribution >= 4 is 22.9 Å². The summed E-state index contributed by atoms with van der Waals surface area (Å²) >= 11 is 0. The van der Waals surface area contributed by atoms with E-state index in [1.807, 2.05) is 30.3 Å². The lowest BCUT2D eigenvalue weighted by molar-refractivity contribution is -0.129. The van der Waals surface area contributed by atoms with E-state index in [0.717, 1.165) is 31.5 Å². The molecule has 0 atom stereocenters. The summed E-state index contributed by atoms with van der Waals surface area (Å²) in [7, 11) is 0. The van der Waals surface area contributed by atoms with Crippen LogP contribution in [0.2, 0.25) is 0 Å². The van der Waals surface area contributed by atoms with Crippen LogP contribution in [0.15, 0.2) is 40.9 Å². The van der Waals surface area contributed by atoms with Crippen LogP contribution in [0.3, 0.4) is 0 Å². The number of pyridine rings is 1. The fourth-order valence-electron chi connectivity index (χ4n) is 3.36. The van der Waals surface area contributed by atoms with Gasteiger partial charge in [0.1, 0.15) is 0 Å². The van der Waals surface area contributed by atoms with Crippen LogP contribution in [-0.4, -0.2) is 46.5 Å². The molecule has 27 heavy (non-hydrogen) atoms. The Labute approximate surface area is 156 Å². The number of nitrogens with zero attached hydrogens (tertiary/aromatic N) is 3. The van der Waals surface area contributed by atoms with Crippen molar-refractivity contribution in [3.63, 3.8) is 0 Å². The predicted octanol–water partition coefficient (Wildman–Crippen LogP) is 2.55. The Balaban J connectivity index is 1.64. The summed E-state index contributed by atoms with van der Waals surface area (Å²) in [6, 6.07) is 11.3. The molecule has 0 aliphatic carbocycles. The van der Waals surface area contributed by atoms with Crippen LogP contribution in [0.1, 0.15) is 28.9 Å². The molecule has 4 rings (SSSR count). The van der Waals surface area contributed by atoms with Crippen molar-refractivity contribution in [3.05, 3.63) is 47.7 Å². The molecule has 0 spiro atoms. The highest BCUT2D eigenvalue weighted by atomic mass is 16.5. The highest BCUT2D eigenvalue weighted by Gasteiger charge is 2.22. The van der Waals surface area contributed by atoms with E-state index in [-0.39, 0.29) is 18.4 Å². The number of carbonyl (C=O) groups excluding carboxylic acids is 2. The summed E-state index contributed by atoms with van der Waals surface area (Å²) in [5.74, 6) is -0.394. The summed E-state index contributed by atoms with van der Waals surface area (Å²) in [4.78, 5) is 31.3. The Bertz CT molecular complexity index is 991. The van der Waals surface area contributed by atoms with E-state index in [4.69, 9.17) is 4.52 Å².